The molecule has 1 aromatic rings. The predicted molar refractivity (Wildman–Crippen MR) is 127 cm³/mol. The number of hydrogen-bond acceptors (Lipinski definition) is 4. The number of nitrogens with one attached hydrogen (secondary N) is 3. The minimum Gasteiger partial charge on any atom is -0.338 e. The minimum atomic E-state index is -0.454. The Balaban J connectivity index is 1.20. The van der Waals surface area contributed by atoms with Crippen molar-refractivity contribution in [1.29, 1.82) is 0 Å². The first-order valence-corrected chi connectivity index (χ1v) is 12.5. The Morgan fingerprint density at radius 2 is 1.68 bits per heavy atom. The molecular formula is C26H36N4O4. The molecule has 34 heavy (non-hydrogen) atoms. The highest BCUT2D eigenvalue weighted by molar-refractivity contribution is 5.96. The van der Waals surface area contributed by atoms with Gasteiger partial charge >= 0.3 is 6.03 Å². The third-order valence-electron chi connectivity index (χ3n) is 8.58. The summed E-state index contributed by atoms with van der Waals surface area (Å²) in [7, 11) is 0. The second kappa shape index (κ2) is 8.26. The van der Waals surface area contributed by atoms with Crippen LogP contribution in [0.4, 0.5) is 10.5 Å². The third-order valence-corrected chi connectivity index (χ3v) is 8.58. The normalized spacial score (nSPS) is 36.1. The lowest BCUT2D eigenvalue weighted by molar-refractivity contribution is -0.134. The number of nitrogens with zero attached hydrogens (tertiary/aromatic N) is 1. The summed E-state index contributed by atoms with van der Waals surface area (Å²) in [6.07, 6.45) is 8.37. The molecular weight excluding hydrogens is 432 g/mol. The molecule has 1 aliphatic heterocycles. The fourth-order valence-corrected chi connectivity index (χ4v) is 8.34. The van der Waals surface area contributed by atoms with Crippen LogP contribution in [0.1, 0.15) is 75.6 Å². The average molecular weight is 469 g/mol. The van der Waals surface area contributed by atoms with Crippen LogP contribution in [0.3, 0.4) is 0 Å². The van der Waals surface area contributed by atoms with Gasteiger partial charge in [-0.2, -0.15) is 0 Å². The smallest absolute Gasteiger partial charge is 0.319 e. The van der Waals surface area contributed by atoms with Crippen molar-refractivity contribution in [2.45, 2.75) is 70.8 Å². The monoisotopic (exact) mass is 468 g/mol. The highest BCUT2D eigenvalue weighted by Crippen LogP contribution is 2.66. The molecule has 5 fully saturated rings. The molecule has 5 aliphatic rings. The molecule has 8 heteroatoms. The molecule has 4 saturated carbocycles. The Bertz CT molecular complexity index is 975. The Kier molecular flexibility index (Phi) is 5.62. The number of hydrogen-bond donors (Lipinski definition) is 4. The lowest BCUT2D eigenvalue weighted by Crippen LogP contribution is -2.65. The second-order valence-electron chi connectivity index (χ2n) is 12.1. The summed E-state index contributed by atoms with van der Waals surface area (Å²) in [6, 6.07) is 6.73. The van der Waals surface area contributed by atoms with E-state index in [0.717, 1.165) is 19.3 Å². The molecule has 1 heterocycles. The van der Waals surface area contributed by atoms with Gasteiger partial charge in [0.05, 0.1) is 5.92 Å². The van der Waals surface area contributed by atoms with E-state index in [4.69, 9.17) is 5.21 Å². The largest absolute Gasteiger partial charge is 0.338 e. The van der Waals surface area contributed by atoms with Crippen molar-refractivity contribution < 1.29 is 19.6 Å². The topological polar surface area (TPSA) is 111 Å². The third kappa shape index (κ3) is 4.40. The van der Waals surface area contributed by atoms with E-state index in [9.17, 15) is 14.4 Å². The number of anilines is 1. The van der Waals surface area contributed by atoms with Gasteiger partial charge in [-0.1, -0.05) is 13.8 Å². The number of amides is 4. The highest BCUT2D eigenvalue weighted by Gasteiger charge is 2.60. The first-order chi connectivity index (χ1) is 16.1. The molecule has 0 aromatic heterocycles. The van der Waals surface area contributed by atoms with E-state index < -0.39 is 11.8 Å². The number of hydroxylamine groups is 1. The zero-order chi connectivity index (χ0) is 24.1. The summed E-state index contributed by atoms with van der Waals surface area (Å²) >= 11 is 0. The lowest BCUT2D eigenvalue weighted by Gasteiger charge is -2.65. The van der Waals surface area contributed by atoms with Crippen molar-refractivity contribution in [3.63, 3.8) is 0 Å². The maximum Gasteiger partial charge on any atom is 0.319 e. The summed E-state index contributed by atoms with van der Waals surface area (Å²) in [6.45, 7) is 5.65. The summed E-state index contributed by atoms with van der Waals surface area (Å²) in [5.74, 6) is -0.303. The first kappa shape index (κ1) is 23.1. The molecule has 8 nitrogen and oxygen atoms in total. The van der Waals surface area contributed by atoms with Crippen molar-refractivity contribution in [2.24, 2.45) is 22.7 Å². The second-order valence-corrected chi connectivity index (χ2v) is 12.1. The van der Waals surface area contributed by atoms with Crippen LogP contribution >= 0.6 is 0 Å². The fourth-order valence-electron chi connectivity index (χ4n) is 8.34. The van der Waals surface area contributed by atoms with E-state index >= 15 is 0 Å². The number of piperidine rings is 1. The van der Waals surface area contributed by atoms with E-state index in [1.54, 1.807) is 34.6 Å². The van der Waals surface area contributed by atoms with Gasteiger partial charge in [-0.3, -0.25) is 14.8 Å². The van der Waals surface area contributed by atoms with E-state index in [-0.39, 0.29) is 24.0 Å². The van der Waals surface area contributed by atoms with E-state index in [2.05, 4.69) is 24.5 Å². The van der Waals surface area contributed by atoms with Gasteiger partial charge in [0.1, 0.15) is 0 Å². The maximum atomic E-state index is 12.9. The summed E-state index contributed by atoms with van der Waals surface area (Å²) in [4.78, 5) is 39.2. The predicted octanol–water partition coefficient (Wildman–Crippen LogP) is 3.91. The zero-order valence-corrected chi connectivity index (χ0v) is 20.2. The Hall–Kier alpha value is -2.61. The minimum absolute atomic E-state index is 0.116. The van der Waals surface area contributed by atoms with E-state index in [1.165, 1.54) is 19.3 Å². The molecule has 3 unspecified atom stereocenters. The molecule has 6 rings (SSSR count). The molecule has 4 N–H and O–H groups in total. The number of rotatable bonds is 4. The Morgan fingerprint density at radius 1 is 1.00 bits per heavy atom. The Morgan fingerprint density at radius 3 is 2.29 bits per heavy atom. The van der Waals surface area contributed by atoms with Crippen molar-refractivity contribution in [3.8, 4) is 0 Å². The van der Waals surface area contributed by atoms with Gasteiger partial charge in [0.2, 0.25) is 5.91 Å². The van der Waals surface area contributed by atoms with Crippen molar-refractivity contribution in [1.82, 2.24) is 15.7 Å². The van der Waals surface area contributed by atoms with Crippen molar-refractivity contribution in [2.75, 3.05) is 18.4 Å². The standard InChI is InChI=1S/C26H36N4O4/c1-24-10-17-11-25(2,14-24)16-26(12-17,15-24)28-23(33)27-20-7-5-18(6-8-20)22(32)30-9-3-4-19(13-30)21(31)29-34/h5-8,17,19,34H,3-4,9-16H2,1-2H3,(H,29,31)(H2,27,28,33)/t17?,19?,24-,25+,26?. The van der Waals surface area contributed by atoms with Gasteiger partial charge in [0.15, 0.2) is 0 Å². The average Bonchev–Trinajstić information content (AvgIpc) is 2.75. The number of likely N-dealkylation sites (tertiary alicyclic amines) is 1. The van der Waals surface area contributed by atoms with Gasteiger partial charge in [-0.05, 0) is 92.4 Å². The zero-order valence-electron chi connectivity index (χ0n) is 20.2. The molecule has 5 atom stereocenters. The molecule has 4 amide bonds. The lowest BCUT2D eigenvalue weighted by atomic mass is 9.43. The van der Waals surface area contributed by atoms with Crippen LogP contribution in [-0.2, 0) is 4.79 Å². The number of carbonyl (C=O) groups is 3. The number of benzene rings is 1. The number of urea groups is 1. The van der Waals surface area contributed by atoms with Crippen molar-refractivity contribution in [3.05, 3.63) is 29.8 Å². The van der Waals surface area contributed by atoms with Gasteiger partial charge in [0, 0.05) is 29.9 Å². The van der Waals surface area contributed by atoms with Gasteiger partial charge in [-0.25, -0.2) is 10.3 Å². The number of carbonyl (C=O) groups excluding carboxylic acids is 3. The summed E-state index contributed by atoms with van der Waals surface area (Å²) in [5.41, 5.74) is 3.38. The van der Waals surface area contributed by atoms with Crippen LogP contribution in [0, 0.1) is 22.7 Å². The molecule has 1 saturated heterocycles. The molecule has 1 aromatic carbocycles. The SMILES string of the molecule is C[C@]12CC3CC(NC(=O)Nc4ccc(C(=O)N5CCCC(C(=O)NO)C5)cc4)(C1)C[C@@](C)(C3)C2. The quantitative estimate of drug-likeness (QED) is 0.397. The summed E-state index contributed by atoms with van der Waals surface area (Å²) < 4.78 is 0. The van der Waals surface area contributed by atoms with Gasteiger partial charge in [0.25, 0.3) is 5.91 Å². The molecule has 0 radical (unpaired) electrons. The van der Waals surface area contributed by atoms with Crippen LogP contribution in [0.15, 0.2) is 24.3 Å². The molecule has 4 bridgehead atoms. The van der Waals surface area contributed by atoms with Crippen molar-refractivity contribution >= 4 is 23.5 Å². The van der Waals surface area contributed by atoms with Crippen LogP contribution in [-0.4, -0.2) is 46.6 Å². The first-order valence-electron chi connectivity index (χ1n) is 12.5. The van der Waals surface area contributed by atoms with Gasteiger partial charge in [-0.15, -0.1) is 0 Å². The van der Waals surface area contributed by atoms with E-state index in [0.29, 0.717) is 47.4 Å². The fraction of sp³-hybridized carbons (Fsp3) is 0.654. The van der Waals surface area contributed by atoms with Crippen LogP contribution in [0.25, 0.3) is 0 Å². The highest BCUT2D eigenvalue weighted by atomic mass is 16.5. The molecule has 4 aliphatic carbocycles. The maximum absolute atomic E-state index is 12.9. The molecule has 0 spiro atoms. The van der Waals surface area contributed by atoms with Crippen LogP contribution in [0.2, 0.25) is 0 Å². The van der Waals surface area contributed by atoms with Gasteiger partial charge < -0.3 is 15.5 Å². The van der Waals surface area contributed by atoms with Crippen LogP contribution in [0.5, 0.6) is 0 Å². The van der Waals surface area contributed by atoms with E-state index in [1.807, 2.05) is 0 Å². The Labute approximate surface area is 200 Å². The summed E-state index contributed by atoms with van der Waals surface area (Å²) in [5, 5.41) is 15.2. The van der Waals surface area contributed by atoms with Crippen LogP contribution < -0.4 is 16.1 Å². The molecule has 184 valence electrons.